The van der Waals surface area contributed by atoms with Crippen LogP contribution in [0.25, 0.3) is 11.4 Å². The van der Waals surface area contributed by atoms with Gasteiger partial charge in [0.1, 0.15) is 5.82 Å². The Balaban J connectivity index is 0.00000109. The third kappa shape index (κ3) is 4.64. The van der Waals surface area contributed by atoms with Gasteiger partial charge < -0.3 is 15.1 Å². The maximum atomic E-state index is 11.4. The minimum atomic E-state index is -0.908. The highest BCUT2D eigenvalue weighted by Gasteiger charge is 2.29. The van der Waals surface area contributed by atoms with Gasteiger partial charge in [-0.3, -0.25) is 5.10 Å². The molecule has 3 N–H and O–H groups in total. The molecule has 0 aliphatic heterocycles. The summed E-state index contributed by atoms with van der Waals surface area (Å²) in [6, 6.07) is 3.72. The molecule has 7 nitrogen and oxygen atoms in total. The molecule has 1 aliphatic carbocycles. The molecule has 136 valence electrons. The molecule has 1 fully saturated rings. The number of hydrogen-bond acceptors (Lipinski definition) is 5. The second kappa shape index (κ2) is 8.22. The van der Waals surface area contributed by atoms with Crippen LogP contribution in [-0.2, 0) is 6.42 Å². The highest BCUT2D eigenvalue weighted by atomic mass is 16.4. The molecule has 1 aromatic heterocycles. The Labute approximate surface area is 147 Å². The molecule has 3 rings (SSSR count). The average Bonchev–Trinajstić information content (AvgIpc) is 3.32. The SMILES string of the molecule is CO.Cc1cc(C2CC2)c(-c2n[nH]c(CCN(C)C)n2)cc1C(=O)O. The molecule has 25 heavy (non-hydrogen) atoms. The monoisotopic (exact) mass is 346 g/mol. The van der Waals surface area contributed by atoms with Gasteiger partial charge in [-0.25, -0.2) is 9.78 Å². The van der Waals surface area contributed by atoms with Crippen LogP contribution in [0.4, 0.5) is 0 Å². The lowest BCUT2D eigenvalue weighted by Gasteiger charge is -2.10. The van der Waals surface area contributed by atoms with Gasteiger partial charge in [-0.15, -0.1) is 0 Å². The van der Waals surface area contributed by atoms with Crippen molar-refractivity contribution >= 4 is 5.97 Å². The van der Waals surface area contributed by atoms with Crippen LogP contribution >= 0.6 is 0 Å². The number of aromatic carboxylic acids is 1. The number of nitrogens with one attached hydrogen (secondary N) is 1. The van der Waals surface area contributed by atoms with E-state index in [1.165, 1.54) is 5.56 Å². The Bertz CT molecular complexity index is 736. The van der Waals surface area contributed by atoms with Gasteiger partial charge in [0.15, 0.2) is 5.82 Å². The van der Waals surface area contributed by atoms with E-state index in [1.54, 1.807) is 6.07 Å². The summed E-state index contributed by atoms with van der Waals surface area (Å²) < 4.78 is 0. The van der Waals surface area contributed by atoms with E-state index in [9.17, 15) is 9.90 Å². The molecule has 1 aromatic carbocycles. The van der Waals surface area contributed by atoms with Crippen molar-refractivity contribution < 1.29 is 15.0 Å². The summed E-state index contributed by atoms with van der Waals surface area (Å²) in [4.78, 5) is 18.1. The molecule has 0 saturated heterocycles. The summed E-state index contributed by atoms with van der Waals surface area (Å²) in [5, 5.41) is 23.7. The van der Waals surface area contributed by atoms with E-state index in [-0.39, 0.29) is 0 Å². The van der Waals surface area contributed by atoms with Gasteiger partial charge in [-0.05, 0) is 57.0 Å². The number of aromatic amines is 1. The predicted octanol–water partition coefficient (Wildman–Crippen LogP) is 2.07. The number of carbonyl (C=O) groups is 1. The zero-order valence-electron chi connectivity index (χ0n) is 15.2. The number of aliphatic hydroxyl groups excluding tert-OH is 1. The fourth-order valence-electron chi connectivity index (χ4n) is 2.74. The Hall–Kier alpha value is -2.25. The first kappa shape index (κ1) is 19.1. The van der Waals surface area contributed by atoms with E-state index < -0.39 is 5.97 Å². The molecule has 7 heteroatoms. The largest absolute Gasteiger partial charge is 0.478 e. The third-order valence-electron chi connectivity index (χ3n) is 4.21. The second-order valence-electron chi connectivity index (χ2n) is 6.49. The fraction of sp³-hybridized carbons (Fsp3) is 0.500. The number of likely N-dealkylation sites (N-methyl/N-ethyl adjacent to an activating group) is 1. The first-order valence-corrected chi connectivity index (χ1v) is 8.34. The Morgan fingerprint density at radius 3 is 2.56 bits per heavy atom. The van der Waals surface area contributed by atoms with Gasteiger partial charge in [0.2, 0.25) is 0 Å². The standard InChI is InChI=1S/C17H22N4O2.CH4O/c1-10-8-13(11-4-5-11)14(9-12(10)17(22)23)16-18-15(19-20-16)6-7-21(2)3;1-2/h8-9,11H,4-7H2,1-3H3,(H,22,23)(H,18,19,20);2H,1H3. The summed E-state index contributed by atoms with van der Waals surface area (Å²) in [7, 11) is 5.03. The van der Waals surface area contributed by atoms with Crippen molar-refractivity contribution in [3.8, 4) is 11.4 Å². The van der Waals surface area contributed by atoms with Crippen LogP contribution in [0.3, 0.4) is 0 Å². The van der Waals surface area contributed by atoms with E-state index in [0.29, 0.717) is 17.3 Å². The zero-order chi connectivity index (χ0) is 18.6. The highest BCUT2D eigenvalue weighted by molar-refractivity contribution is 5.91. The molecule has 2 aromatic rings. The van der Waals surface area contributed by atoms with Gasteiger partial charge in [0.25, 0.3) is 0 Å². The number of hydrogen-bond donors (Lipinski definition) is 3. The number of aliphatic hydroxyl groups is 1. The molecule has 0 radical (unpaired) electrons. The van der Waals surface area contributed by atoms with E-state index in [4.69, 9.17) is 5.11 Å². The number of aryl methyl sites for hydroxylation is 1. The van der Waals surface area contributed by atoms with Crippen LogP contribution in [0.1, 0.15) is 46.1 Å². The molecule has 0 unspecified atom stereocenters. The smallest absolute Gasteiger partial charge is 0.335 e. The van der Waals surface area contributed by atoms with Crippen LogP contribution in [-0.4, -0.2) is 64.0 Å². The van der Waals surface area contributed by atoms with Gasteiger partial charge in [-0.1, -0.05) is 6.07 Å². The number of benzene rings is 1. The number of carboxylic acids is 1. The number of rotatable bonds is 6. The lowest BCUT2D eigenvalue weighted by Crippen LogP contribution is -2.15. The van der Waals surface area contributed by atoms with E-state index in [2.05, 4.69) is 20.1 Å². The minimum Gasteiger partial charge on any atom is -0.478 e. The maximum absolute atomic E-state index is 11.4. The van der Waals surface area contributed by atoms with Crippen LogP contribution in [0, 0.1) is 6.92 Å². The number of carboxylic acid groups (broad SMARTS) is 1. The van der Waals surface area contributed by atoms with Gasteiger partial charge in [-0.2, -0.15) is 5.10 Å². The minimum absolute atomic E-state index is 0.323. The second-order valence-corrected chi connectivity index (χ2v) is 6.49. The summed E-state index contributed by atoms with van der Waals surface area (Å²) in [5.41, 5.74) is 3.14. The number of H-pyrrole nitrogens is 1. The fourth-order valence-corrected chi connectivity index (χ4v) is 2.74. The molecule has 0 bridgehead atoms. The lowest BCUT2D eigenvalue weighted by molar-refractivity contribution is 0.0696. The Morgan fingerprint density at radius 2 is 2.00 bits per heavy atom. The van der Waals surface area contributed by atoms with Crippen molar-refractivity contribution in [1.82, 2.24) is 20.1 Å². The van der Waals surface area contributed by atoms with Crippen molar-refractivity contribution in [3.63, 3.8) is 0 Å². The first-order chi connectivity index (χ1) is 12.0. The molecular weight excluding hydrogens is 320 g/mol. The lowest BCUT2D eigenvalue weighted by atomic mass is 9.96. The topological polar surface area (TPSA) is 102 Å². The number of nitrogens with zero attached hydrogens (tertiary/aromatic N) is 3. The van der Waals surface area contributed by atoms with E-state index in [1.807, 2.05) is 27.1 Å². The Kier molecular flexibility index (Phi) is 6.27. The van der Waals surface area contributed by atoms with Crippen LogP contribution < -0.4 is 0 Å². The van der Waals surface area contributed by atoms with Gasteiger partial charge >= 0.3 is 5.97 Å². The quantitative estimate of drug-likeness (QED) is 0.740. The van der Waals surface area contributed by atoms with Crippen LogP contribution in [0.15, 0.2) is 12.1 Å². The van der Waals surface area contributed by atoms with E-state index in [0.717, 1.165) is 49.9 Å². The normalized spacial score (nSPS) is 13.5. The highest BCUT2D eigenvalue weighted by Crippen LogP contribution is 2.44. The van der Waals surface area contributed by atoms with Crippen molar-refractivity contribution in [2.75, 3.05) is 27.7 Å². The van der Waals surface area contributed by atoms with Gasteiger partial charge in [0.05, 0.1) is 5.56 Å². The maximum Gasteiger partial charge on any atom is 0.335 e. The number of aromatic nitrogens is 3. The molecular formula is C18H26N4O3. The third-order valence-corrected chi connectivity index (χ3v) is 4.21. The molecule has 1 aliphatic rings. The Morgan fingerprint density at radius 1 is 1.32 bits per heavy atom. The van der Waals surface area contributed by atoms with Gasteiger partial charge in [0, 0.05) is 25.6 Å². The zero-order valence-corrected chi connectivity index (χ0v) is 15.2. The molecule has 1 saturated carbocycles. The average molecular weight is 346 g/mol. The molecule has 0 amide bonds. The van der Waals surface area contributed by atoms with Crippen molar-refractivity contribution in [3.05, 3.63) is 34.6 Å². The summed E-state index contributed by atoms with van der Waals surface area (Å²) in [6.45, 7) is 2.73. The van der Waals surface area contributed by atoms with Crippen molar-refractivity contribution in [2.24, 2.45) is 0 Å². The van der Waals surface area contributed by atoms with Crippen molar-refractivity contribution in [2.45, 2.75) is 32.1 Å². The van der Waals surface area contributed by atoms with Crippen LogP contribution in [0.2, 0.25) is 0 Å². The van der Waals surface area contributed by atoms with Crippen molar-refractivity contribution in [1.29, 1.82) is 0 Å². The summed E-state index contributed by atoms with van der Waals surface area (Å²) in [6.07, 6.45) is 3.09. The summed E-state index contributed by atoms with van der Waals surface area (Å²) in [5.74, 6) is 1.03. The first-order valence-electron chi connectivity index (χ1n) is 8.34. The predicted molar refractivity (Wildman–Crippen MR) is 95.9 cm³/mol. The van der Waals surface area contributed by atoms with Crippen LogP contribution in [0.5, 0.6) is 0 Å². The summed E-state index contributed by atoms with van der Waals surface area (Å²) >= 11 is 0. The molecule has 0 spiro atoms. The molecule has 0 atom stereocenters. The van der Waals surface area contributed by atoms with E-state index >= 15 is 0 Å². The molecule has 1 heterocycles.